The Morgan fingerprint density at radius 3 is 2.81 bits per heavy atom. The van der Waals surface area contributed by atoms with Crippen molar-refractivity contribution in [1.82, 2.24) is 15.1 Å². The molecule has 0 fully saturated rings. The Morgan fingerprint density at radius 2 is 2.14 bits per heavy atom. The van der Waals surface area contributed by atoms with Crippen molar-refractivity contribution in [2.45, 2.75) is 26.3 Å². The Morgan fingerprint density at radius 1 is 1.38 bits per heavy atom. The number of nitrogens with one attached hydrogen (secondary N) is 1. The minimum atomic E-state index is -0.317. The van der Waals surface area contributed by atoms with Crippen LogP contribution in [0.15, 0.2) is 24.3 Å². The van der Waals surface area contributed by atoms with Crippen LogP contribution in [0.25, 0.3) is 5.69 Å². The topological polar surface area (TPSA) is 56.2 Å². The first kappa shape index (κ1) is 13.8. The Kier molecular flexibility index (Phi) is 3.75. The number of aromatic nitrogens is 2. The van der Waals surface area contributed by atoms with Crippen molar-refractivity contribution in [3.05, 3.63) is 46.8 Å². The number of nitrogens with zero attached hydrogens (tertiary/aromatic N) is 2. The largest absolute Gasteiger partial charge is 0.465 e. The first-order chi connectivity index (χ1) is 10.2. The second kappa shape index (κ2) is 5.69. The quantitative estimate of drug-likeness (QED) is 0.875. The molecule has 110 valence electrons. The predicted octanol–water partition coefficient (Wildman–Crippen LogP) is 1.87. The van der Waals surface area contributed by atoms with Gasteiger partial charge in [-0.2, -0.15) is 5.10 Å². The molecule has 5 heteroatoms. The number of aryl methyl sites for hydroxylation is 1. The molecular weight excluding hydrogens is 266 g/mol. The second-order valence-corrected chi connectivity index (χ2v) is 5.10. The van der Waals surface area contributed by atoms with Crippen LogP contribution < -0.4 is 5.32 Å². The Labute approximate surface area is 123 Å². The molecule has 1 aromatic carbocycles. The number of hydrogen-bond acceptors (Lipinski definition) is 4. The lowest BCUT2D eigenvalue weighted by molar-refractivity contribution is 0.0601. The van der Waals surface area contributed by atoms with Gasteiger partial charge in [-0.05, 0) is 30.7 Å². The molecule has 0 unspecified atom stereocenters. The average molecular weight is 285 g/mol. The highest BCUT2D eigenvalue weighted by Crippen LogP contribution is 2.22. The summed E-state index contributed by atoms with van der Waals surface area (Å²) < 4.78 is 6.73. The first-order valence-corrected chi connectivity index (χ1v) is 7.23. The third-order valence-electron chi connectivity index (χ3n) is 3.88. The Hall–Kier alpha value is -2.14. The fourth-order valence-corrected chi connectivity index (χ4v) is 2.77. The predicted molar refractivity (Wildman–Crippen MR) is 79.7 cm³/mol. The van der Waals surface area contributed by atoms with Gasteiger partial charge in [0.15, 0.2) is 0 Å². The van der Waals surface area contributed by atoms with Crippen LogP contribution in [-0.4, -0.2) is 29.4 Å². The van der Waals surface area contributed by atoms with Crippen LogP contribution in [0.3, 0.4) is 0 Å². The van der Waals surface area contributed by atoms with E-state index in [1.54, 1.807) is 12.1 Å². The lowest BCUT2D eigenvalue weighted by Gasteiger charge is -2.15. The molecule has 1 aromatic heterocycles. The zero-order valence-electron chi connectivity index (χ0n) is 12.3. The maximum atomic E-state index is 11.5. The average Bonchev–Trinajstić information content (AvgIpc) is 2.93. The molecule has 0 saturated carbocycles. The Bertz CT molecular complexity index is 659. The third-order valence-corrected chi connectivity index (χ3v) is 3.88. The molecule has 0 spiro atoms. The maximum absolute atomic E-state index is 11.5. The van der Waals surface area contributed by atoms with E-state index in [4.69, 9.17) is 9.84 Å². The van der Waals surface area contributed by atoms with Crippen LogP contribution in [0, 0.1) is 0 Å². The molecule has 2 heterocycles. The SMILES string of the molecule is CCc1nn(-c2ccc(C(=O)OC)cc2)c2c1CNCC2. The van der Waals surface area contributed by atoms with Crippen LogP contribution in [0.5, 0.6) is 0 Å². The third kappa shape index (κ3) is 2.45. The van der Waals surface area contributed by atoms with Crippen LogP contribution in [0.1, 0.15) is 34.2 Å². The van der Waals surface area contributed by atoms with Gasteiger partial charge in [0.1, 0.15) is 0 Å². The molecule has 1 aliphatic heterocycles. The van der Waals surface area contributed by atoms with Gasteiger partial charge < -0.3 is 10.1 Å². The van der Waals surface area contributed by atoms with Crippen molar-refractivity contribution in [3.63, 3.8) is 0 Å². The fraction of sp³-hybridized carbons (Fsp3) is 0.375. The zero-order valence-corrected chi connectivity index (χ0v) is 12.3. The van der Waals surface area contributed by atoms with E-state index in [0.29, 0.717) is 5.56 Å². The van der Waals surface area contributed by atoms with Gasteiger partial charge in [0.25, 0.3) is 0 Å². The van der Waals surface area contributed by atoms with Crippen molar-refractivity contribution < 1.29 is 9.53 Å². The highest BCUT2D eigenvalue weighted by Gasteiger charge is 2.20. The Balaban J connectivity index is 2.00. The molecule has 0 amide bonds. The van der Waals surface area contributed by atoms with E-state index in [9.17, 15) is 4.79 Å². The minimum Gasteiger partial charge on any atom is -0.465 e. The summed E-state index contributed by atoms with van der Waals surface area (Å²) in [4.78, 5) is 11.5. The van der Waals surface area contributed by atoms with Gasteiger partial charge in [-0.3, -0.25) is 0 Å². The van der Waals surface area contributed by atoms with E-state index >= 15 is 0 Å². The van der Waals surface area contributed by atoms with Gasteiger partial charge >= 0.3 is 5.97 Å². The van der Waals surface area contributed by atoms with Gasteiger partial charge in [0.05, 0.1) is 29.7 Å². The van der Waals surface area contributed by atoms with Crippen LogP contribution in [0.4, 0.5) is 0 Å². The highest BCUT2D eigenvalue weighted by molar-refractivity contribution is 5.89. The van der Waals surface area contributed by atoms with Gasteiger partial charge in [-0.15, -0.1) is 0 Å². The summed E-state index contributed by atoms with van der Waals surface area (Å²) in [7, 11) is 1.39. The summed E-state index contributed by atoms with van der Waals surface area (Å²) in [6.45, 7) is 3.99. The summed E-state index contributed by atoms with van der Waals surface area (Å²) >= 11 is 0. The van der Waals surface area contributed by atoms with Crippen LogP contribution in [-0.2, 0) is 24.1 Å². The van der Waals surface area contributed by atoms with Crippen LogP contribution in [0.2, 0.25) is 0 Å². The second-order valence-electron chi connectivity index (χ2n) is 5.10. The maximum Gasteiger partial charge on any atom is 0.337 e. The number of carbonyl (C=O) groups excluding carboxylic acids is 1. The summed E-state index contributed by atoms with van der Waals surface area (Å²) in [5.41, 5.74) is 5.28. The zero-order chi connectivity index (χ0) is 14.8. The first-order valence-electron chi connectivity index (χ1n) is 7.23. The van der Waals surface area contributed by atoms with E-state index < -0.39 is 0 Å². The molecule has 0 atom stereocenters. The minimum absolute atomic E-state index is 0.317. The van der Waals surface area contributed by atoms with Crippen molar-refractivity contribution in [2.24, 2.45) is 0 Å². The van der Waals surface area contributed by atoms with Crippen molar-refractivity contribution in [2.75, 3.05) is 13.7 Å². The molecule has 1 N–H and O–H groups in total. The number of ether oxygens (including phenoxy) is 1. The lowest BCUT2D eigenvalue weighted by atomic mass is 10.1. The summed E-state index contributed by atoms with van der Waals surface area (Å²) in [5, 5.41) is 8.13. The molecule has 0 radical (unpaired) electrons. The lowest BCUT2D eigenvalue weighted by Crippen LogP contribution is -2.24. The van der Waals surface area contributed by atoms with E-state index in [1.807, 2.05) is 16.8 Å². The molecular formula is C16H19N3O2. The van der Waals surface area contributed by atoms with Gasteiger partial charge in [0.2, 0.25) is 0 Å². The highest BCUT2D eigenvalue weighted by atomic mass is 16.5. The molecule has 0 aliphatic carbocycles. The summed E-state index contributed by atoms with van der Waals surface area (Å²) in [5.74, 6) is -0.317. The molecule has 0 bridgehead atoms. The molecule has 2 aromatic rings. The number of benzene rings is 1. The smallest absolute Gasteiger partial charge is 0.337 e. The number of methoxy groups -OCH3 is 1. The van der Waals surface area contributed by atoms with E-state index in [2.05, 4.69) is 12.2 Å². The number of fused-ring (bicyclic) bond motifs is 1. The van der Waals surface area contributed by atoms with E-state index in [0.717, 1.165) is 37.3 Å². The molecule has 21 heavy (non-hydrogen) atoms. The van der Waals surface area contributed by atoms with Gasteiger partial charge in [0, 0.05) is 25.1 Å². The van der Waals surface area contributed by atoms with Gasteiger partial charge in [-0.1, -0.05) is 6.92 Å². The summed E-state index contributed by atoms with van der Waals surface area (Å²) in [6.07, 6.45) is 1.90. The van der Waals surface area contributed by atoms with Crippen molar-refractivity contribution in [3.8, 4) is 5.69 Å². The monoisotopic (exact) mass is 285 g/mol. The van der Waals surface area contributed by atoms with E-state index in [1.165, 1.54) is 18.4 Å². The number of hydrogen-bond donors (Lipinski definition) is 1. The standard InChI is InChI=1S/C16H19N3O2/c1-3-14-13-10-17-9-8-15(13)19(18-14)12-6-4-11(5-7-12)16(20)21-2/h4-7,17H,3,8-10H2,1-2H3. The molecule has 1 aliphatic rings. The molecule has 5 nitrogen and oxygen atoms in total. The molecule has 3 rings (SSSR count). The number of esters is 1. The fourth-order valence-electron chi connectivity index (χ4n) is 2.77. The number of carbonyl (C=O) groups is 1. The normalized spacial score (nSPS) is 13.8. The van der Waals surface area contributed by atoms with Crippen molar-refractivity contribution in [1.29, 1.82) is 0 Å². The van der Waals surface area contributed by atoms with Crippen LogP contribution >= 0.6 is 0 Å². The molecule has 0 saturated heterocycles. The van der Waals surface area contributed by atoms with Crippen molar-refractivity contribution >= 4 is 5.97 Å². The van der Waals surface area contributed by atoms with Gasteiger partial charge in [-0.25, -0.2) is 9.48 Å². The summed E-state index contributed by atoms with van der Waals surface area (Å²) in [6, 6.07) is 7.39. The number of rotatable bonds is 3. The van der Waals surface area contributed by atoms with E-state index in [-0.39, 0.29) is 5.97 Å².